The predicted molar refractivity (Wildman–Crippen MR) is 69.2 cm³/mol. The third-order valence-electron chi connectivity index (χ3n) is 2.63. The van der Waals surface area contributed by atoms with Crippen molar-refractivity contribution >= 4 is 0 Å². The molecule has 5 heteroatoms. The highest BCUT2D eigenvalue weighted by molar-refractivity contribution is 5.28. The van der Waals surface area contributed by atoms with Gasteiger partial charge in [0, 0.05) is 6.04 Å². The van der Waals surface area contributed by atoms with Crippen LogP contribution in [0.25, 0.3) is 0 Å². The molecular formula is C13H18N4O. The average molecular weight is 246 g/mol. The Kier molecular flexibility index (Phi) is 4.30. The Balaban J connectivity index is 1.96. The van der Waals surface area contributed by atoms with Crippen LogP contribution in [0.15, 0.2) is 36.9 Å². The van der Waals surface area contributed by atoms with E-state index in [0.717, 1.165) is 24.3 Å². The van der Waals surface area contributed by atoms with Crippen molar-refractivity contribution in [3.8, 4) is 5.75 Å². The average Bonchev–Trinajstić information content (AvgIpc) is 2.89. The summed E-state index contributed by atoms with van der Waals surface area (Å²) in [6.07, 6.45) is 4.18. The van der Waals surface area contributed by atoms with Gasteiger partial charge in [-0.2, -0.15) is 5.10 Å². The van der Waals surface area contributed by atoms with Crippen LogP contribution < -0.4 is 10.5 Å². The molecule has 1 aromatic carbocycles. The van der Waals surface area contributed by atoms with Crippen LogP contribution in [0.1, 0.15) is 24.9 Å². The maximum Gasteiger partial charge on any atom is 0.137 e. The number of nitrogens with zero attached hydrogens (tertiary/aromatic N) is 3. The van der Waals surface area contributed by atoms with Crippen molar-refractivity contribution in [1.82, 2.24) is 14.8 Å². The van der Waals surface area contributed by atoms with Crippen molar-refractivity contribution in [2.24, 2.45) is 5.73 Å². The lowest BCUT2D eigenvalue weighted by molar-refractivity contribution is 0.317. The summed E-state index contributed by atoms with van der Waals surface area (Å²) >= 11 is 0. The largest absolute Gasteiger partial charge is 0.494 e. The van der Waals surface area contributed by atoms with Gasteiger partial charge in [0.2, 0.25) is 0 Å². The van der Waals surface area contributed by atoms with Gasteiger partial charge in [-0.25, -0.2) is 4.98 Å². The highest BCUT2D eigenvalue weighted by atomic mass is 16.5. The molecule has 1 unspecified atom stereocenters. The summed E-state index contributed by atoms with van der Waals surface area (Å²) in [6, 6.07) is 7.80. The van der Waals surface area contributed by atoms with Crippen LogP contribution in [0.3, 0.4) is 0 Å². The Bertz CT molecular complexity index is 452. The molecule has 96 valence electrons. The first-order valence-electron chi connectivity index (χ1n) is 6.10. The zero-order chi connectivity index (χ0) is 12.8. The SMILES string of the molecule is CCCOc1ccc(C(N)Cn2cncn2)cc1. The molecule has 0 aliphatic heterocycles. The van der Waals surface area contributed by atoms with E-state index in [9.17, 15) is 0 Å². The molecule has 0 fully saturated rings. The van der Waals surface area contributed by atoms with E-state index >= 15 is 0 Å². The highest BCUT2D eigenvalue weighted by Gasteiger charge is 2.07. The maximum absolute atomic E-state index is 6.11. The van der Waals surface area contributed by atoms with Crippen LogP contribution in [0, 0.1) is 0 Å². The third kappa shape index (κ3) is 3.30. The van der Waals surface area contributed by atoms with Gasteiger partial charge >= 0.3 is 0 Å². The molecule has 0 saturated carbocycles. The third-order valence-corrected chi connectivity index (χ3v) is 2.63. The van der Waals surface area contributed by atoms with E-state index < -0.39 is 0 Å². The zero-order valence-corrected chi connectivity index (χ0v) is 10.5. The van der Waals surface area contributed by atoms with E-state index in [2.05, 4.69) is 17.0 Å². The topological polar surface area (TPSA) is 66.0 Å². The summed E-state index contributed by atoms with van der Waals surface area (Å²) in [7, 11) is 0. The Morgan fingerprint density at radius 3 is 2.72 bits per heavy atom. The molecule has 0 spiro atoms. The number of rotatable bonds is 6. The van der Waals surface area contributed by atoms with Crippen LogP contribution in [-0.4, -0.2) is 21.4 Å². The van der Waals surface area contributed by atoms with Gasteiger partial charge < -0.3 is 10.5 Å². The van der Waals surface area contributed by atoms with Crippen molar-refractivity contribution in [3.05, 3.63) is 42.5 Å². The fourth-order valence-electron chi connectivity index (χ4n) is 1.67. The van der Waals surface area contributed by atoms with Crippen LogP contribution >= 0.6 is 0 Å². The highest BCUT2D eigenvalue weighted by Crippen LogP contribution is 2.17. The van der Waals surface area contributed by atoms with Gasteiger partial charge in [-0.3, -0.25) is 4.68 Å². The normalized spacial score (nSPS) is 12.3. The summed E-state index contributed by atoms with van der Waals surface area (Å²) in [6.45, 7) is 3.45. The molecule has 5 nitrogen and oxygen atoms in total. The number of hydrogen-bond acceptors (Lipinski definition) is 4. The van der Waals surface area contributed by atoms with Crippen molar-refractivity contribution in [3.63, 3.8) is 0 Å². The first-order chi connectivity index (χ1) is 8.79. The minimum atomic E-state index is -0.0908. The smallest absolute Gasteiger partial charge is 0.137 e. The van der Waals surface area contributed by atoms with E-state index in [-0.39, 0.29) is 6.04 Å². The van der Waals surface area contributed by atoms with Crippen LogP contribution in [-0.2, 0) is 6.54 Å². The first kappa shape index (κ1) is 12.6. The van der Waals surface area contributed by atoms with Gasteiger partial charge in [0.1, 0.15) is 18.4 Å². The number of aromatic nitrogens is 3. The lowest BCUT2D eigenvalue weighted by atomic mass is 10.1. The molecular weight excluding hydrogens is 228 g/mol. The van der Waals surface area contributed by atoms with E-state index in [1.165, 1.54) is 6.33 Å². The molecule has 1 heterocycles. The van der Waals surface area contributed by atoms with Gasteiger partial charge in [-0.05, 0) is 24.1 Å². The lowest BCUT2D eigenvalue weighted by Gasteiger charge is -2.12. The summed E-state index contributed by atoms with van der Waals surface area (Å²) in [5.41, 5.74) is 7.17. The minimum Gasteiger partial charge on any atom is -0.494 e. The Hall–Kier alpha value is -1.88. The molecule has 0 saturated heterocycles. The second-order valence-electron chi connectivity index (χ2n) is 4.14. The van der Waals surface area contributed by atoms with Gasteiger partial charge in [-0.1, -0.05) is 19.1 Å². The van der Waals surface area contributed by atoms with Crippen molar-refractivity contribution in [2.75, 3.05) is 6.61 Å². The number of hydrogen-bond donors (Lipinski definition) is 1. The Labute approximate surface area is 107 Å². The lowest BCUT2D eigenvalue weighted by Crippen LogP contribution is -2.17. The molecule has 2 rings (SSSR count). The number of ether oxygens (including phenoxy) is 1. The summed E-state index contributed by atoms with van der Waals surface area (Å²) in [5, 5.41) is 4.04. The van der Waals surface area contributed by atoms with Crippen LogP contribution in [0.4, 0.5) is 0 Å². The van der Waals surface area contributed by atoms with Gasteiger partial charge in [-0.15, -0.1) is 0 Å². The van der Waals surface area contributed by atoms with E-state index in [1.54, 1.807) is 11.0 Å². The van der Waals surface area contributed by atoms with E-state index in [0.29, 0.717) is 6.54 Å². The fourth-order valence-corrected chi connectivity index (χ4v) is 1.67. The van der Waals surface area contributed by atoms with Crippen LogP contribution in [0.2, 0.25) is 0 Å². The number of nitrogens with two attached hydrogens (primary N) is 1. The monoisotopic (exact) mass is 246 g/mol. The van der Waals surface area contributed by atoms with E-state index in [4.69, 9.17) is 10.5 Å². The zero-order valence-electron chi connectivity index (χ0n) is 10.5. The van der Waals surface area contributed by atoms with Crippen LogP contribution in [0.5, 0.6) is 5.75 Å². The minimum absolute atomic E-state index is 0.0908. The predicted octanol–water partition coefficient (Wildman–Crippen LogP) is 1.77. The molecule has 2 aromatic rings. The molecule has 0 bridgehead atoms. The second-order valence-corrected chi connectivity index (χ2v) is 4.14. The molecule has 2 N–H and O–H groups in total. The van der Waals surface area contributed by atoms with Gasteiger partial charge in [0.15, 0.2) is 0 Å². The quantitative estimate of drug-likeness (QED) is 0.843. The van der Waals surface area contributed by atoms with Crippen molar-refractivity contribution in [2.45, 2.75) is 25.9 Å². The van der Waals surface area contributed by atoms with Gasteiger partial charge in [0.05, 0.1) is 13.2 Å². The molecule has 1 atom stereocenters. The molecule has 1 aromatic heterocycles. The molecule has 0 aliphatic carbocycles. The number of benzene rings is 1. The maximum atomic E-state index is 6.11. The summed E-state index contributed by atoms with van der Waals surface area (Å²) in [5.74, 6) is 0.883. The van der Waals surface area contributed by atoms with Crippen molar-refractivity contribution < 1.29 is 4.74 Å². The summed E-state index contributed by atoms with van der Waals surface area (Å²) in [4.78, 5) is 3.89. The molecule has 0 radical (unpaired) electrons. The summed E-state index contributed by atoms with van der Waals surface area (Å²) < 4.78 is 7.26. The van der Waals surface area contributed by atoms with E-state index in [1.807, 2.05) is 24.3 Å². The Morgan fingerprint density at radius 1 is 1.33 bits per heavy atom. The van der Waals surface area contributed by atoms with Gasteiger partial charge in [0.25, 0.3) is 0 Å². The molecule has 0 amide bonds. The Morgan fingerprint density at radius 2 is 2.11 bits per heavy atom. The molecule has 0 aliphatic rings. The second kappa shape index (κ2) is 6.16. The van der Waals surface area contributed by atoms with Crippen molar-refractivity contribution in [1.29, 1.82) is 0 Å². The standard InChI is InChI=1S/C13H18N4O/c1-2-7-18-12-5-3-11(4-6-12)13(14)8-17-10-15-9-16-17/h3-6,9-10,13H,2,7-8,14H2,1H3. The fraction of sp³-hybridized carbons (Fsp3) is 0.385. The first-order valence-corrected chi connectivity index (χ1v) is 6.10. The molecule has 18 heavy (non-hydrogen) atoms.